The Morgan fingerprint density at radius 2 is 2.36 bits per heavy atom. The Labute approximate surface area is 80.6 Å². The van der Waals surface area contributed by atoms with Gasteiger partial charge in [0.2, 0.25) is 0 Å². The first-order valence-electron chi connectivity index (χ1n) is 4.40. The van der Waals surface area contributed by atoms with E-state index in [4.69, 9.17) is 5.11 Å². The first kappa shape index (κ1) is 9.15. The lowest BCUT2D eigenvalue weighted by molar-refractivity contribution is -0.142. The van der Waals surface area contributed by atoms with Crippen molar-refractivity contribution in [1.82, 2.24) is 5.32 Å². The molecule has 1 heterocycles. The van der Waals surface area contributed by atoms with Gasteiger partial charge in [-0.3, -0.25) is 4.79 Å². The fourth-order valence-corrected chi connectivity index (χ4v) is 1.66. The maximum Gasteiger partial charge on any atom is 0.321 e. The van der Waals surface area contributed by atoms with E-state index < -0.39 is 12.0 Å². The van der Waals surface area contributed by atoms with E-state index in [1.54, 1.807) is 12.1 Å². The van der Waals surface area contributed by atoms with E-state index in [1.165, 1.54) is 12.1 Å². The third kappa shape index (κ3) is 1.48. The van der Waals surface area contributed by atoms with E-state index >= 15 is 0 Å². The Hall–Kier alpha value is -1.42. The molecular weight excluding hydrogens is 185 g/mol. The predicted octanol–water partition coefficient (Wildman–Crippen LogP) is 0.966. The summed E-state index contributed by atoms with van der Waals surface area (Å²) in [6, 6.07) is 5.52. The molecule has 1 aliphatic rings. The van der Waals surface area contributed by atoms with Crippen molar-refractivity contribution in [2.75, 3.05) is 6.54 Å². The fraction of sp³-hybridized carbons (Fsp3) is 0.300. The van der Waals surface area contributed by atoms with Gasteiger partial charge in [0.15, 0.2) is 0 Å². The Morgan fingerprint density at radius 3 is 2.86 bits per heavy atom. The summed E-state index contributed by atoms with van der Waals surface area (Å²) < 4.78 is 12.8. The molecule has 1 saturated heterocycles. The molecule has 1 aromatic rings. The summed E-state index contributed by atoms with van der Waals surface area (Å²) in [5, 5.41) is 11.6. The maximum atomic E-state index is 12.8. The number of carboxylic acid groups (broad SMARTS) is 1. The molecule has 0 aliphatic carbocycles. The molecule has 0 spiro atoms. The van der Waals surface area contributed by atoms with Crippen molar-refractivity contribution >= 4 is 5.97 Å². The van der Waals surface area contributed by atoms with Crippen LogP contribution in [-0.2, 0) is 4.79 Å². The highest BCUT2D eigenvalue weighted by Gasteiger charge is 2.37. The average Bonchev–Trinajstić information content (AvgIpc) is 2.00. The lowest BCUT2D eigenvalue weighted by Gasteiger charge is -2.35. The molecule has 14 heavy (non-hydrogen) atoms. The average molecular weight is 195 g/mol. The molecule has 0 amide bonds. The third-order valence-corrected chi connectivity index (χ3v) is 2.50. The molecule has 74 valence electrons. The van der Waals surface area contributed by atoms with Crippen molar-refractivity contribution in [2.45, 2.75) is 12.0 Å². The van der Waals surface area contributed by atoms with Crippen LogP contribution in [0.3, 0.4) is 0 Å². The summed E-state index contributed by atoms with van der Waals surface area (Å²) in [5.41, 5.74) is 0.746. The topological polar surface area (TPSA) is 49.3 Å². The molecule has 0 unspecified atom stereocenters. The molecule has 0 bridgehead atoms. The number of hydrogen-bond donors (Lipinski definition) is 2. The van der Waals surface area contributed by atoms with Crippen LogP contribution in [0.4, 0.5) is 4.39 Å². The maximum absolute atomic E-state index is 12.8. The van der Waals surface area contributed by atoms with Crippen molar-refractivity contribution < 1.29 is 14.3 Å². The number of carboxylic acids is 1. The van der Waals surface area contributed by atoms with Gasteiger partial charge in [-0.25, -0.2) is 4.39 Å². The van der Waals surface area contributed by atoms with Crippen LogP contribution in [0.1, 0.15) is 11.5 Å². The van der Waals surface area contributed by atoms with Gasteiger partial charge in [-0.05, 0) is 17.7 Å². The highest BCUT2D eigenvalue weighted by molar-refractivity contribution is 5.76. The van der Waals surface area contributed by atoms with Crippen molar-refractivity contribution in [3.63, 3.8) is 0 Å². The summed E-state index contributed by atoms with van der Waals surface area (Å²) in [4.78, 5) is 10.7. The van der Waals surface area contributed by atoms with Crippen molar-refractivity contribution in [2.24, 2.45) is 0 Å². The summed E-state index contributed by atoms with van der Waals surface area (Å²) >= 11 is 0. The van der Waals surface area contributed by atoms with Gasteiger partial charge in [0.05, 0.1) is 0 Å². The number of carbonyl (C=O) groups is 1. The smallest absolute Gasteiger partial charge is 0.321 e. The van der Waals surface area contributed by atoms with E-state index in [2.05, 4.69) is 5.32 Å². The third-order valence-electron chi connectivity index (χ3n) is 2.50. The van der Waals surface area contributed by atoms with Gasteiger partial charge in [0.1, 0.15) is 11.9 Å². The Kier molecular flexibility index (Phi) is 2.21. The van der Waals surface area contributed by atoms with Crippen molar-refractivity contribution in [3.05, 3.63) is 35.6 Å². The number of aliphatic carboxylic acids is 1. The van der Waals surface area contributed by atoms with Gasteiger partial charge in [-0.1, -0.05) is 12.1 Å². The fourth-order valence-electron chi connectivity index (χ4n) is 1.66. The second-order valence-electron chi connectivity index (χ2n) is 3.39. The zero-order chi connectivity index (χ0) is 10.1. The van der Waals surface area contributed by atoms with Crippen LogP contribution in [0, 0.1) is 5.82 Å². The lowest BCUT2D eigenvalue weighted by Crippen LogP contribution is -2.55. The van der Waals surface area contributed by atoms with E-state index in [9.17, 15) is 9.18 Å². The molecule has 2 N–H and O–H groups in total. The highest BCUT2D eigenvalue weighted by atomic mass is 19.1. The molecule has 3 nitrogen and oxygen atoms in total. The molecule has 1 fully saturated rings. The van der Waals surface area contributed by atoms with E-state index in [0.29, 0.717) is 6.54 Å². The first-order valence-corrected chi connectivity index (χ1v) is 4.40. The zero-order valence-corrected chi connectivity index (χ0v) is 7.40. The van der Waals surface area contributed by atoms with Crippen LogP contribution < -0.4 is 5.32 Å². The number of halogens is 1. The molecule has 0 aromatic heterocycles. The number of benzene rings is 1. The monoisotopic (exact) mass is 195 g/mol. The van der Waals surface area contributed by atoms with Crippen LogP contribution in [0.15, 0.2) is 24.3 Å². The van der Waals surface area contributed by atoms with Gasteiger partial charge in [-0.2, -0.15) is 0 Å². The number of rotatable bonds is 2. The van der Waals surface area contributed by atoms with Gasteiger partial charge in [0.25, 0.3) is 0 Å². The van der Waals surface area contributed by atoms with Crippen molar-refractivity contribution in [3.8, 4) is 0 Å². The minimum atomic E-state index is -0.884. The summed E-state index contributed by atoms with van der Waals surface area (Å²) in [5.74, 6) is -1.31. The summed E-state index contributed by atoms with van der Waals surface area (Å²) in [6.07, 6.45) is 0. The van der Waals surface area contributed by atoms with Gasteiger partial charge in [0, 0.05) is 12.5 Å². The Bertz CT molecular complexity index is 367. The Morgan fingerprint density at radius 1 is 1.57 bits per heavy atom. The molecule has 2 rings (SSSR count). The molecular formula is C10H10FNO2. The molecule has 1 aliphatic heterocycles. The van der Waals surface area contributed by atoms with Gasteiger partial charge in [-0.15, -0.1) is 0 Å². The summed E-state index contributed by atoms with van der Waals surface area (Å²) in [7, 11) is 0. The predicted molar refractivity (Wildman–Crippen MR) is 48.6 cm³/mol. The Balaban J connectivity index is 2.20. The highest BCUT2D eigenvalue weighted by Crippen LogP contribution is 2.26. The summed E-state index contributed by atoms with van der Waals surface area (Å²) in [6.45, 7) is 0.598. The standard InChI is InChI=1S/C10H10FNO2/c11-7-3-1-2-6(4-7)8-5-12-9(8)10(13)14/h1-4,8-9,12H,5H2,(H,13,14)/t8-,9+/m0/s1. The lowest BCUT2D eigenvalue weighted by atomic mass is 9.85. The zero-order valence-electron chi connectivity index (χ0n) is 7.40. The second-order valence-corrected chi connectivity index (χ2v) is 3.39. The molecule has 0 saturated carbocycles. The van der Waals surface area contributed by atoms with E-state index in [0.717, 1.165) is 5.56 Å². The minimum absolute atomic E-state index is 0.108. The van der Waals surface area contributed by atoms with Crippen LogP contribution in [0.5, 0.6) is 0 Å². The molecule has 2 atom stereocenters. The molecule has 4 heteroatoms. The minimum Gasteiger partial charge on any atom is -0.480 e. The van der Waals surface area contributed by atoms with Crippen LogP contribution >= 0.6 is 0 Å². The van der Waals surface area contributed by atoms with E-state index in [1.807, 2.05) is 0 Å². The SMILES string of the molecule is O=C(O)[C@@H]1NC[C@H]1c1cccc(F)c1. The van der Waals surface area contributed by atoms with Gasteiger partial charge >= 0.3 is 5.97 Å². The normalized spacial score (nSPS) is 25.5. The van der Waals surface area contributed by atoms with E-state index in [-0.39, 0.29) is 11.7 Å². The van der Waals surface area contributed by atoms with Crippen LogP contribution in [0.2, 0.25) is 0 Å². The van der Waals surface area contributed by atoms with Crippen LogP contribution in [-0.4, -0.2) is 23.7 Å². The quantitative estimate of drug-likeness (QED) is 0.739. The van der Waals surface area contributed by atoms with Gasteiger partial charge < -0.3 is 10.4 Å². The molecule has 0 radical (unpaired) electrons. The number of nitrogens with one attached hydrogen (secondary N) is 1. The second kappa shape index (κ2) is 3.38. The largest absolute Gasteiger partial charge is 0.480 e. The van der Waals surface area contributed by atoms with Crippen molar-refractivity contribution in [1.29, 1.82) is 0 Å². The molecule has 1 aromatic carbocycles. The van der Waals surface area contributed by atoms with Crippen LogP contribution in [0.25, 0.3) is 0 Å². The first-order chi connectivity index (χ1) is 6.68. The number of hydrogen-bond acceptors (Lipinski definition) is 2.